The first-order valence-corrected chi connectivity index (χ1v) is 6.54. The summed E-state index contributed by atoms with van der Waals surface area (Å²) in [6.07, 6.45) is 0.557. The highest BCUT2D eigenvalue weighted by atomic mass is 32.2. The summed E-state index contributed by atoms with van der Waals surface area (Å²) >= 11 is 0. The van der Waals surface area contributed by atoms with E-state index in [9.17, 15) is 13.2 Å². The molecular weight excluding hydrogens is 226 g/mol. The molecule has 4 nitrogen and oxygen atoms in total. The van der Waals surface area contributed by atoms with E-state index in [0.29, 0.717) is 12.0 Å². The maximum Gasteiger partial charge on any atom is 0.238 e. The molecule has 0 aliphatic rings. The predicted molar refractivity (Wildman–Crippen MR) is 61.5 cm³/mol. The van der Waals surface area contributed by atoms with E-state index >= 15 is 0 Å². The van der Waals surface area contributed by atoms with Gasteiger partial charge in [-0.25, -0.2) is 13.6 Å². The van der Waals surface area contributed by atoms with E-state index in [2.05, 4.69) is 0 Å². The maximum atomic E-state index is 11.4. The lowest BCUT2D eigenvalue weighted by Gasteiger charge is -2.14. The summed E-state index contributed by atoms with van der Waals surface area (Å²) in [4.78, 5) is 11.5. The molecule has 0 aliphatic heterocycles. The molecule has 1 rings (SSSR count). The van der Waals surface area contributed by atoms with Gasteiger partial charge in [-0.3, -0.25) is 4.79 Å². The Morgan fingerprint density at radius 1 is 1.38 bits per heavy atom. The number of carbonyl (C=O) groups is 1. The number of hydrogen-bond acceptors (Lipinski definition) is 3. The van der Waals surface area contributed by atoms with Gasteiger partial charge in [0.2, 0.25) is 10.0 Å². The van der Waals surface area contributed by atoms with Crippen molar-refractivity contribution in [2.75, 3.05) is 0 Å². The van der Waals surface area contributed by atoms with Crippen molar-refractivity contribution in [3.05, 3.63) is 29.8 Å². The zero-order valence-corrected chi connectivity index (χ0v) is 10.1. The molecule has 0 amide bonds. The van der Waals surface area contributed by atoms with Crippen molar-refractivity contribution >= 4 is 15.8 Å². The van der Waals surface area contributed by atoms with Gasteiger partial charge in [-0.1, -0.05) is 25.1 Å². The van der Waals surface area contributed by atoms with Crippen molar-refractivity contribution in [2.45, 2.75) is 31.1 Å². The fourth-order valence-corrected chi connectivity index (χ4v) is 2.56. The van der Waals surface area contributed by atoms with Gasteiger partial charge in [-0.15, -0.1) is 0 Å². The normalized spacial score (nSPS) is 13.4. The number of carbonyl (C=O) groups excluding carboxylic acids is 1. The van der Waals surface area contributed by atoms with Crippen LogP contribution in [0.15, 0.2) is 29.2 Å². The van der Waals surface area contributed by atoms with Gasteiger partial charge in [0.15, 0.2) is 0 Å². The van der Waals surface area contributed by atoms with Gasteiger partial charge in [0.1, 0.15) is 5.78 Å². The monoisotopic (exact) mass is 241 g/mol. The summed E-state index contributed by atoms with van der Waals surface area (Å²) in [5, 5.41) is 5.11. The lowest BCUT2D eigenvalue weighted by molar-refractivity contribution is -0.118. The Hall–Kier alpha value is -1.20. The van der Waals surface area contributed by atoms with Crippen LogP contribution in [-0.4, -0.2) is 14.2 Å². The smallest absolute Gasteiger partial charge is 0.238 e. The Morgan fingerprint density at radius 2 is 1.94 bits per heavy atom. The van der Waals surface area contributed by atoms with Crippen molar-refractivity contribution in [3.8, 4) is 0 Å². The van der Waals surface area contributed by atoms with Crippen LogP contribution in [0.25, 0.3) is 0 Å². The minimum atomic E-state index is -3.77. The lowest BCUT2D eigenvalue weighted by Crippen LogP contribution is -2.18. The van der Waals surface area contributed by atoms with E-state index in [4.69, 9.17) is 5.14 Å². The van der Waals surface area contributed by atoms with Gasteiger partial charge >= 0.3 is 0 Å². The lowest BCUT2D eigenvalue weighted by atomic mass is 9.93. The standard InChI is InChI=1S/C11H15NO3S/c1-3-9(8(2)13)10-6-4-5-7-11(10)16(12,14)15/h4-7,9H,3H2,1-2H3,(H2,12,14,15). The fourth-order valence-electron chi connectivity index (χ4n) is 1.75. The van der Waals surface area contributed by atoms with E-state index in [1.807, 2.05) is 6.92 Å². The molecule has 0 aliphatic carbocycles. The van der Waals surface area contributed by atoms with Crippen LogP contribution in [0.3, 0.4) is 0 Å². The van der Waals surface area contributed by atoms with Gasteiger partial charge in [0.05, 0.1) is 4.90 Å². The summed E-state index contributed by atoms with van der Waals surface area (Å²) in [5.74, 6) is -0.465. The van der Waals surface area contributed by atoms with Crippen molar-refractivity contribution < 1.29 is 13.2 Å². The molecule has 1 aromatic carbocycles. The fraction of sp³-hybridized carbons (Fsp3) is 0.364. The van der Waals surface area contributed by atoms with E-state index in [0.717, 1.165) is 0 Å². The SMILES string of the molecule is CCC(C(C)=O)c1ccccc1S(N)(=O)=O. The molecule has 0 fully saturated rings. The highest BCUT2D eigenvalue weighted by molar-refractivity contribution is 7.89. The molecule has 2 N–H and O–H groups in total. The van der Waals surface area contributed by atoms with Crippen LogP contribution in [0.2, 0.25) is 0 Å². The predicted octanol–water partition coefficient (Wildman–Crippen LogP) is 1.42. The summed E-state index contributed by atoms with van der Waals surface area (Å²) in [5.41, 5.74) is 0.486. The third kappa shape index (κ3) is 2.68. The van der Waals surface area contributed by atoms with E-state index < -0.39 is 15.9 Å². The molecule has 88 valence electrons. The highest BCUT2D eigenvalue weighted by Crippen LogP contribution is 2.26. The number of nitrogens with two attached hydrogens (primary N) is 1. The molecule has 0 bridgehead atoms. The van der Waals surface area contributed by atoms with Gasteiger partial charge in [0, 0.05) is 5.92 Å². The average molecular weight is 241 g/mol. The molecule has 0 saturated heterocycles. The molecule has 1 atom stereocenters. The van der Waals surface area contributed by atoms with Crippen molar-refractivity contribution in [1.29, 1.82) is 0 Å². The van der Waals surface area contributed by atoms with Crippen molar-refractivity contribution in [1.82, 2.24) is 0 Å². The van der Waals surface area contributed by atoms with Gasteiger partial charge in [-0.2, -0.15) is 0 Å². The van der Waals surface area contributed by atoms with Crippen molar-refractivity contribution in [2.24, 2.45) is 5.14 Å². The molecule has 0 radical (unpaired) electrons. The van der Waals surface area contributed by atoms with Crippen molar-refractivity contribution in [3.63, 3.8) is 0 Å². The minimum Gasteiger partial charge on any atom is -0.299 e. The zero-order chi connectivity index (χ0) is 12.3. The second-order valence-electron chi connectivity index (χ2n) is 3.65. The minimum absolute atomic E-state index is 0.0389. The van der Waals surface area contributed by atoms with Gasteiger partial charge in [0.25, 0.3) is 0 Å². The van der Waals surface area contributed by atoms with Crippen LogP contribution in [0.4, 0.5) is 0 Å². The van der Waals surface area contributed by atoms with Crippen LogP contribution in [0.5, 0.6) is 0 Å². The topological polar surface area (TPSA) is 77.2 Å². The summed E-state index contributed by atoms with van der Waals surface area (Å²) in [6, 6.07) is 6.36. The van der Waals surface area contributed by atoms with Crippen LogP contribution >= 0.6 is 0 Å². The number of sulfonamides is 1. The number of ketones is 1. The molecule has 1 aromatic rings. The largest absolute Gasteiger partial charge is 0.299 e. The number of Topliss-reactive ketones (excluding diaryl/α,β-unsaturated/α-hetero) is 1. The third-order valence-corrected chi connectivity index (χ3v) is 3.48. The Labute approximate surface area is 95.5 Å². The van der Waals surface area contributed by atoms with E-state index in [1.54, 1.807) is 18.2 Å². The number of rotatable bonds is 4. The summed E-state index contributed by atoms with van der Waals surface area (Å²) in [7, 11) is -3.77. The average Bonchev–Trinajstić information content (AvgIpc) is 2.17. The molecule has 0 saturated carbocycles. The Bertz CT molecular complexity index is 494. The second-order valence-corrected chi connectivity index (χ2v) is 5.18. The summed E-state index contributed by atoms with van der Waals surface area (Å²) in [6.45, 7) is 3.29. The van der Waals surface area contributed by atoms with Gasteiger partial charge in [-0.05, 0) is 25.0 Å². The Morgan fingerprint density at radius 3 is 2.38 bits per heavy atom. The zero-order valence-electron chi connectivity index (χ0n) is 9.30. The first-order valence-electron chi connectivity index (χ1n) is 5.00. The quantitative estimate of drug-likeness (QED) is 0.865. The van der Waals surface area contributed by atoms with Crippen LogP contribution in [-0.2, 0) is 14.8 Å². The Balaban J connectivity index is 3.39. The van der Waals surface area contributed by atoms with Crippen LogP contribution in [0, 0.1) is 0 Å². The molecule has 0 aromatic heterocycles. The first-order chi connectivity index (χ1) is 7.38. The first kappa shape index (κ1) is 12.9. The number of primary sulfonamides is 1. The van der Waals surface area contributed by atoms with Crippen LogP contribution in [0.1, 0.15) is 31.7 Å². The second kappa shape index (κ2) is 4.76. The molecular formula is C11H15NO3S. The number of benzene rings is 1. The van der Waals surface area contributed by atoms with Crippen LogP contribution < -0.4 is 5.14 Å². The molecule has 1 unspecified atom stereocenters. The highest BCUT2D eigenvalue weighted by Gasteiger charge is 2.22. The maximum absolute atomic E-state index is 11.4. The summed E-state index contributed by atoms with van der Waals surface area (Å²) < 4.78 is 22.7. The molecule has 5 heteroatoms. The molecule has 0 spiro atoms. The van der Waals surface area contributed by atoms with E-state index in [-0.39, 0.29) is 10.7 Å². The molecule has 0 heterocycles. The Kier molecular flexibility index (Phi) is 3.83. The molecule has 16 heavy (non-hydrogen) atoms. The third-order valence-electron chi connectivity index (χ3n) is 2.50. The van der Waals surface area contributed by atoms with Gasteiger partial charge < -0.3 is 0 Å². The number of hydrogen-bond donors (Lipinski definition) is 1. The van der Waals surface area contributed by atoms with E-state index in [1.165, 1.54) is 13.0 Å².